The van der Waals surface area contributed by atoms with E-state index in [4.69, 9.17) is 9.72 Å². The van der Waals surface area contributed by atoms with E-state index < -0.39 is 0 Å². The second-order valence-electron chi connectivity index (χ2n) is 7.75. The zero-order valence-corrected chi connectivity index (χ0v) is 16.5. The zero-order chi connectivity index (χ0) is 18.6. The molecule has 1 aromatic heterocycles. The van der Waals surface area contributed by atoms with Gasteiger partial charge in [-0.1, -0.05) is 63.1 Å². The van der Waals surface area contributed by atoms with Crippen molar-refractivity contribution in [3.63, 3.8) is 0 Å². The minimum atomic E-state index is 0.0891. The summed E-state index contributed by atoms with van der Waals surface area (Å²) in [5.74, 6) is 0.813. The summed E-state index contributed by atoms with van der Waals surface area (Å²) in [6.45, 7) is 4.52. The first-order valence-electron chi connectivity index (χ1n) is 10.4. The molecule has 0 saturated heterocycles. The van der Waals surface area contributed by atoms with Crippen molar-refractivity contribution in [3.05, 3.63) is 70.8 Å². The van der Waals surface area contributed by atoms with Crippen LogP contribution in [0, 0.1) is 0 Å². The molecule has 1 aliphatic heterocycles. The number of aryl methyl sites for hydroxylation is 2. The fourth-order valence-electron chi connectivity index (χ4n) is 3.98. The second kappa shape index (κ2) is 8.12. The summed E-state index contributed by atoms with van der Waals surface area (Å²) in [5, 5.41) is 1.20. The summed E-state index contributed by atoms with van der Waals surface area (Å²) in [7, 11) is 0. The van der Waals surface area contributed by atoms with Gasteiger partial charge in [0.15, 0.2) is 0 Å². The Morgan fingerprint density at radius 1 is 0.926 bits per heavy atom. The number of para-hydroxylation sites is 1. The van der Waals surface area contributed by atoms with Crippen LogP contribution in [-0.2, 0) is 19.3 Å². The smallest absolute Gasteiger partial charge is 0.217 e. The number of hydrogen-bond acceptors (Lipinski definition) is 2. The predicted octanol–water partition coefficient (Wildman–Crippen LogP) is 6.60. The average molecular weight is 360 g/mol. The molecule has 2 nitrogen and oxygen atoms in total. The lowest BCUT2D eigenvalue weighted by Gasteiger charge is -2.15. The van der Waals surface area contributed by atoms with E-state index >= 15 is 0 Å². The van der Waals surface area contributed by atoms with Crippen LogP contribution in [0.25, 0.3) is 10.9 Å². The molecule has 1 unspecified atom stereocenters. The Bertz CT molecular complexity index is 860. The highest BCUT2D eigenvalue weighted by molar-refractivity contribution is 5.80. The minimum absolute atomic E-state index is 0.0891. The highest BCUT2D eigenvalue weighted by atomic mass is 16.5. The van der Waals surface area contributed by atoms with Crippen LogP contribution in [0.3, 0.4) is 0 Å². The predicted molar refractivity (Wildman–Crippen MR) is 112 cm³/mol. The fraction of sp³-hybridized carbons (Fsp3) is 0.400. The summed E-state index contributed by atoms with van der Waals surface area (Å²) in [4.78, 5) is 4.75. The molecule has 27 heavy (non-hydrogen) atoms. The Hall–Kier alpha value is -2.35. The van der Waals surface area contributed by atoms with Crippen molar-refractivity contribution >= 4 is 10.9 Å². The van der Waals surface area contributed by atoms with Gasteiger partial charge in [0.25, 0.3) is 0 Å². The van der Waals surface area contributed by atoms with E-state index in [1.165, 1.54) is 53.3 Å². The van der Waals surface area contributed by atoms with Crippen LogP contribution in [0.2, 0.25) is 0 Å². The molecule has 3 aromatic rings. The van der Waals surface area contributed by atoms with Gasteiger partial charge < -0.3 is 4.74 Å². The Labute approximate surface area is 162 Å². The summed E-state index contributed by atoms with van der Waals surface area (Å²) < 4.78 is 6.31. The number of hydrogen-bond donors (Lipinski definition) is 0. The van der Waals surface area contributed by atoms with Gasteiger partial charge in [-0.15, -0.1) is 0 Å². The van der Waals surface area contributed by atoms with E-state index in [2.05, 4.69) is 56.3 Å². The number of rotatable bonds is 7. The van der Waals surface area contributed by atoms with Crippen LogP contribution in [0.5, 0.6) is 5.88 Å². The maximum Gasteiger partial charge on any atom is 0.217 e. The fourth-order valence-corrected chi connectivity index (χ4v) is 3.98. The summed E-state index contributed by atoms with van der Waals surface area (Å²) in [6, 6.07) is 17.7. The Balaban J connectivity index is 1.62. The molecule has 0 N–H and O–H groups in total. The lowest BCUT2D eigenvalue weighted by atomic mass is 9.95. The van der Waals surface area contributed by atoms with Crippen molar-refractivity contribution in [1.29, 1.82) is 0 Å². The normalized spacial score (nSPS) is 15.7. The van der Waals surface area contributed by atoms with Gasteiger partial charge in [-0.2, -0.15) is 0 Å². The third kappa shape index (κ3) is 4.00. The molecule has 1 aliphatic rings. The van der Waals surface area contributed by atoms with Crippen molar-refractivity contribution in [1.82, 2.24) is 4.98 Å². The number of pyridine rings is 1. The number of ether oxygens (including phenoxy) is 1. The van der Waals surface area contributed by atoms with Gasteiger partial charge in [0.05, 0.1) is 5.52 Å². The average Bonchev–Trinajstić information content (AvgIpc) is 3.11. The van der Waals surface area contributed by atoms with E-state index in [1.54, 1.807) is 0 Å². The van der Waals surface area contributed by atoms with Crippen molar-refractivity contribution in [3.8, 4) is 5.88 Å². The molecule has 0 aliphatic carbocycles. The molecule has 1 atom stereocenters. The van der Waals surface area contributed by atoms with Gasteiger partial charge >= 0.3 is 0 Å². The van der Waals surface area contributed by atoms with E-state index in [-0.39, 0.29) is 6.10 Å². The lowest BCUT2D eigenvalue weighted by Crippen LogP contribution is -2.05. The van der Waals surface area contributed by atoms with Crippen LogP contribution >= 0.6 is 0 Å². The monoisotopic (exact) mass is 359 g/mol. The highest BCUT2D eigenvalue weighted by Gasteiger charge is 2.26. The molecule has 0 radical (unpaired) electrons. The molecule has 4 rings (SSSR count). The van der Waals surface area contributed by atoms with Gasteiger partial charge in [-0.25, -0.2) is 4.98 Å². The molecule has 140 valence electrons. The molecule has 0 saturated carbocycles. The summed E-state index contributed by atoms with van der Waals surface area (Å²) >= 11 is 0. The summed E-state index contributed by atoms with van der Waals surface area (Å²) in [6.07, 6.45) is 8.28. The molecule has 2 heteroatoms. The number of unbranched alkanes of at least 4 members (excludes halogenated alkanes) is 2. The van der Waals surface area contributed by atoms with Gasteiger partial charge in [-0.05, 0) is 54.5 Å². The molecular formula is C25H29NO. The third-order valence-electron chi connectivity index (χ3n) is 5.51. The van der Waals surface area contributed by atoms with Crippen LogP contribution in [0.4, 0.5) is 0 Å². The van der Waals surface area contributed by atoms with Crippen LogP contribution in [0.1, 0.15) is 67.9 Å². The SMILES string of the molecule is CCCCc1cc(CCCC)cc(C2Cc3cc4ccccc4nc3O2)c1. The summed E-state index contributed by atoms with van der Waals surface area (Å²) in [5.41, 5.74) is 6.47. The van der Waals surface area contributed by atoms with Gasteiger partial charge in [0.1, 0.15) is 6.10 Å². The van der Waals surface area contributed by atoms with Crippen molar-refractivity contribution in [2.45, 2.75) is 64.9 Å². The Morgan fingerprint density at radius 2 is 1.63 bits per heavy atom. The molecular weight excluding hydrogens is 330 g/mol. The standard InChI is InChI=1S/C25H29NO/c1-3-5-9-18-13-19(10-6-4-2)15-21(14-18)24-17-22-16-20-11-7-8-12-23(20)26-25(22)27-24/h7-8,11-16,24H,3-6,9-10,17H2,1-2H3. The van der Waals surface area contributed by atoms with Crippen LogP contribution < -0.4 is 4.74 Å². The quantitative estimate of drug-likeness (QED) is 0.474. The van der Waals surface area contributed by atoms with E-state index in [9.17, 15) is 0 Å². The molecule has 2 heterocycles. The molecule has 0 amide bonds. The first-order chi connectivity index (χ1) is 13.3. The maximum atomic E-state index is 6.31. The molecule has 0 fully saturated rings. The molecule has 0 spiro atoms. The van der Waals surface area contributed by atoms with Crippen LogP contribution in [0.15, 0.2) is 48.5 Å². The number of fused-ring (bicyclic) bond motifs is 2. The Morgan fingerprint density at radius 3 is 2.33 bits per heavy atom. The third-order valence-corrected chi connectivity index (χ3v) is 5.51. The first-order valence-corrected chi connectivity index (χ1v) is 10.4. The lowest BCUT2D eigenvalue weighted by molar-refractivity contribution is 0.231. The highest BCUT2D eigenvalue weighted by Crippen LogP contribution is 2.37. The van der Waals surface area contributed by atoms with Crippen molar-refractivity contribution in [2.24, 2.45) is 0 Å². The van der Waals surface area contributed by atoms with E-state index in [0.29, 0.717) is 0 Å². The van der Waals surface area contributed by atoms with E-state index in [0.717, 1.165) is 30.7 Å². The maximum absolute atomic E-state index is 6.31. The van der Waals surface area contributed by atoms with Crippen molar-refractivity contribution in [2.75, 3.05) is 0 Å². The number of nitrogens with zero attached hydrogens (tertiary/aromatic N) is 1. The minimum Gasteiger partial charge on any atom is -0.469 e. The Kier molecular flexibility index (Phi) is 5.42. The zero-order valence-electron chi connectivity index (χ0n) is 16.5. The van der Waals surface area contributed by atoms with E-state index in [1.807, 2.05) is 6.07 Å². The topological polar surface area (TPSA) is 22.1 Å². The van der Waals surface area contributed by atoms with Gasteiger partial charge in [0.2, 0.25) is 5.88 Å². The molecule has 0 bridgehead atoms. The number of aromatic nitrogens is 1. The second-order valence-corrected chi connectivity index (χ2v) is 7.75. The van der Waals surface area contributed by atoms with Gasteiger partial charge in [0, 0.05) is 17.4 Å². The number of benzene rings is 2. The largest absolute Gasteiger partial charge is 0.469 e. The van der Waals surface area contributed by atoms with Crippen molar-refractivity contribution < 1.29 is 4.74 Å². The van der Waals surface area contributed by atoms with Gasteiger partial charge in [-0.3, -0.25) is 0 Å². The molecule has 2 aromatic carbocycles. The van der Waals surface area contributed by atoms with Crippen LogP contribution in [-0.4, -0.2) is 4.98 Å². The first kappa shape index (κ1) is 18.0.